The van der Waals surface area contributed by atoms with Gasteiger partial charge in [0.1, 0.15) is 13.2 Å². The molecule has 0 heterocycles. The summed E-state index contributed by atoms with van der Waals surface area (Å²) in [5.41, 5.74) is 0. The number of hydrogen-bond donors (Lipinski definition) is 0. The van der Waals surface area contributed by atoms with E-state index in [1.54, 1.807) is 0 Å². The highest BCUT2D eigenvalue weighted by atomic mass is 16.6. The van der Waals surface area contributed by atoms with Crippen LogP contribution in [-0.2, 0) is 28.6 Å². The number of allylic oxidation sites excluding steroid dienone is 16. The third kappa shape index (κ3) is 63.0. The first kappa shape index (κ1) is 73.3. The fraction of sp³-hybridized carbons (Fsp3) is 0.732. The maximum absolute atomic E-state index is 12.8. The molecular weight excluding hydrogens is 949 g/mol. The second kappa shape index (κ2) is 64.9. The minimum Gasteiger partial charge on any atom is -0.462 e. The van der Waals surface area contributed by atoms with Gasteiger partial charge in [0.2, 0.25) is 0 Å². The molecule has 442 valence electrons. The van der Waals surface area contributed by atoms with Crippen LogP contribution in [0.1, 0.15) is 316 Å². The zero-order valence-corrected chi connectivity index (χ0v) is 50.7. The van der Waals surface area contributed by atoms with Gasteiger partial charge in [-0.15, -0.1) is 0 Å². The monoisotopic (exact) mass is 1070 g/mol. The molecule has 0 saturated carbocycles. The van der Waals surface area contributed by atoms with Crippen LogP contribution in [0.25, 0.3) is 0 Å². The van der Waals surface area contributed by atoms with E-state index in [1.807, 2.05) is 0 Å². The minimum absolute atomic E-state index is 0.0765. The standard InChI is InChI=1S/C71H122O6/c1-4-7-10-13-16-18-20-22-24-26-28-30-31-32-33-34-35-36-37-38-39-40-41-42-44-45-47-49-51-53-55-58-61-64-70(73)76-67-68(66-75-69(72)63-60-57-15-12-9-6-3)77-71(74)65-62-59-56-54-52-50-48-46-43-29-27-25-23-21-19-17-14-11-8-5-2/h7,10,16,18,22,24,28,30,32-33,35-36,38-39,41-42,68H,4-6,8-9,11-15,17,19-21,23,25-27,29,31,34,37,40,43-67H2,1-3H3/b10-7-,18-16-,24-22-,30-28-,33-32-,36-35-,39-38-,42-41-. The molecule has 77 heavy (non-hydrogen) atoms. The SMILES string of the molecule is CC/C=C\C/C=C\C/C=C\C/C=C\C/C=C\C/C=C\C/C=C\C/C=C\CCCCCCCCCCC(=O)OCC(COC(=O)CCCCCCCC)OC(=O)CCCCCCCCCCCCCCCCCCCCCC. The Morgan fingerprint density at radius 1 is 0.273 bits per heavy atom. The largest absolute Gasteiger partial charge is 0.462 e. The molecule has 1 atom stereocenters. The van der Waals surface area contributed by atoms with Gasteiger partial charge in [-0.2, -0.15) is 0 Å². The highest BCUT2D eigenvalue weighted by Gasteiger charge is 2.19. The minimum atomic E-state index is -0.776. The molecule has 0 radical (unpaired) electrons. The number of carbonyl (C=O) groups excluding carboxylic acids is 3. The average molecular weight is 1070 g/mol. The van der Waals surface area contributed by atoms with Crippen LogP contribution in [0.15, 0.2) is 97.2 Å². The Morgan fingerprint density at radius 3 is 0.792 bits per heavy atom. The van der Waals surface area contributed by atoms with Crippen molar-refractivity contribution in [2.45, 2.75) is 322 Å². The van der Waals surface area contributed by atoms with Crippen molar-refractivity contribution in [3.8, 4) is 0 Å². The highest BCUT2D eigenvalue weighted by molar-refractivity contribution is 5.71. The van der Waals surface area contributed by atoms with Crippen molar-refractivity contribution in [1.29, 1.82) is 0 Å². The van der Waals surface area contributed by atoms with E-state index in [-0.39, 0.29) is 31.1 Å². The van der Waals surface area contributed by atoms with Crippen molar-refractivity contribution in [2.24, 2.45) is 0 Å². The summed E-state index contributed by atoms with van der Waals surface area (Å²) >= 11 is 0. The predicted octanol–water partition coefficient (Wildman–Crippen LogP) is 22.4. The van der Waals surface area contributed by atoms with Gasteiger partial charge in [0.05, 0.1) is 0 Å². The number of unbranched alkanes of at least 4 members (excludes halogenated alkanes) is 32. The second-order valence-electron chi connectivity index (χ2n) is 21.7. The Labute approximate surface area is 477 Å². The van der Waals surface area contributed by atoms with E-state index in [4.69, 9.17) is 14.2 Å². The zero-order valence-electron chi connectivity index (χ0n) is 50.7. The molecule has 0 aliphatic heterocycles. The van der Waals surface area contributed by atoms with Gasteiger partial charge in [-0.3, -0.25) is 14.4 Å². The van der Waals surface area contributed by atoms with Crippen LogP contribution in [0.3, 0.4) is 0 Å². The quantitative estimate of drug-likeness (QED) is 0.0261. The van der Waals surface area contributed by atoms with Gasteiger partial charge >= 0.3 is 17.9 Å². The van der Waals surface area contributed by atoms with Crippen LogP contribution >= 0.6 is 0 Å². The van der Waals surface area contributed by atoms with Gasteiger partial charge in [-0.1, -0.05) is 311 Å². The van der Waals surface area contributed by atoms with Crippen LogP contribution in [0, 0.1) is 0 Å². The fourth-order valence-corrected chi connectivity index (χ4v) is 9.23. The molecule has 6 heteroatoms. The Kier molecular flexibility index (Phi) is 61.8. The first-order valence-corrected chi connectivity index (χ1v) is 32.7. The molecule has 0 N–H and O–H groups in total. The molecule has 0 saturated heterocycles. The summed E-state index contributed by atoms with van der Waals surface area (Å²) in [6.07, 6.45) is 87.4. The smallest absolute Gasteiger partial charge is 0.306 e. The van der Waals surface area contributed by atoms with E-state index in [1.165, 1.54) is 161 Å². The third-order valence-corrected chi connectivity index (χ3v) is 14.1. The van der Waals surface area contributed by atoms with E-state index in [9.17, 15) is 14.4 Å². The molecule has 1 unspecified atom stereocenters. The van der Waals surface area contributed by atoms with Crippen molar-refractivity contribution >= 4 is 17.9 Å². The topological polar surface area (TPSA) is 78.9 Å². The number of rotatable bonds is 59. The zero-order chi connectivity index (χ0) is 55.7. The molecule has 0 spiro atoms. The van der Waals surface area contributed by atoms with Crippen molar-refractivity contribution in [3.63, 3.8) is 0 Å². The van der Waals surface area contributed by atoms with Crippen LogP contribution < -0.4 is 0 Å². The highest BCUT2D eigenvalue weighted by Crippen LogP contribution is 2.17. The third-order valence-electron chi connectivity index (χ3n) is 14.1. The normalized spacial score (nSPS) is 12.7. The van der Waals surface area contributed by atoms with E-state index in [0.717, 1.165) is 116 Å². The van der Waals surface area contributed by atoms with Crippen molar-refractivity contribution in [2.75, 3.05) is 13.2 Å². The van der Waals surface area contributed by atoms with Crippen molar-refractivity contribution in [1.82, 2.24) is 0 Å². The summed E-state index contributed by atoms with van der Waals surface area (Å²) in [6.45, 7) is 6.49. The second-order valence-corrected chi connectivity index (χ2v) is 21.7. The Morgan fingerprint density at radius 2 is 0.506 bits per heavy atom. The molecular formula is C71H122O6. The lowest BCUT2D eigenvalue weighted by molar-refractivity contribution is -0.167. The Bertz CT molecular complexity index is 1510. The molecule has 0 rings (SSSR count). The molecule has 0 bridgehead atoms. The lowest BCUT2D eigenvalue weighted by Crippen LogP contribution is -2.30. The van der Waals surface area contributed by atoms with E-state index in [2.05, 4.69) is 118 Å². The number of ether oxygens (including phenoxy) is 3. The summed E-state index contributed by atoms with van der Waals surface area (Å²) in [4.78, 5) is 38.0. The van der Waals surface area contributed by atoms with Gasteiger partial charge in [-0.05, 0) is 83.5 Å². The van der Waals surface area contributed by atoms with E-state index >= 15 is 0 Å². The molecule has 0 amide bonds. The van der Waals surface area contributed by atoms with Crippen LogP contribution in [0.4, 0.5) is 0 Å². The number of carbonyl (C=O) groups is 3. The van der Waals surface area contributed by atoms with E-state index < -0.39 is 6.10 Å². The lowest BCUT2D eigenvalue weighted by atomic mass is 10.0. The number of esters is 3. The molecule has 0 aromatic carbocycles. The van der Waals surface area contributed by atoms with Gasteiger partial charge < -0.3 is 14.2 Å². The summed E-state index contributed by atoms with van der Waals surface area (Å²) in [6, 6.07) is 0. The molecule has 0 aromatic rings. The predicted molar refractivity (Wildman–Crippen MR) is 334 cm³/mol. The van der Waals surface area contributed by atoms with Crippen molar-refractivity contribution < 1.29 is 28.6 Å². The molecule has 0 aliphatic carbocycles. The van der Waals surface area contributed by atoms with Crippen molar-refractivity contribution in [3.05, 3.63) is 97.2 Å². The molecule has 6 nitrogen and oxygen atoms in total. The summed E-state index contributed by atoms with van der Waals surface area (Å²) in [5.74, 6) is -0.883. The molecule has 0 aliphatic rings. The van der Waals surface area contributed by atoms with Gasteiger partial charge in [0.15, 0.2) is 6.10 Å². The Hall–Kier alpha value is -3.67. The number of hydrogen-bond acceptors (Lipinski definition) is 6. The molecule has 0 fully saturated rings. The summed E-state index contributed by atoms with van der Waals surface area (Å²) < 4.78 is 16.8. The van der Waals surface area contributed by atoms with Gasteiger partial charge in [0, 0.05) is 19.3 Å². The van der Waals surface area contributed by atoms with Crippen LogP contribution in [0.5, 0.6) is 0 Å². The summed E-state index contributed by atoms with van der Waals surface area (Å²) in [5, 5.41) is 0. The maximum Gasteiger partial charge on any atom is 0.306 e. The first-order valence-electron chi connectivity index (χ1n) is 32.7. The van der Waals surface area contributed by atoms with Crippen LogP contribution in [-0.4, -0.2) is 37.2 Å². The fourth-order valence-electron chi connectivity index (χ4n) is 9.23. The van der Waals surface area contributed by atoms with Gasteiger partial charge in [0.25, 0.3) is 0 Å². The molecule has 0 aromatic heterocycles. The van der Waals surface area contributed by atoms with Gasteiger partial charge in [-0.25, -0.2) is 0 Å². The Balaban J connectivity index is 4.09. The summed E-state index contributed by atoms with van der Waals surface area (Å²) in [7, 11) is 0. The lowest BCUT2D eigenvalue weighted by Gasteiger charge is -2.18. The maximum atomic E-state index is 12.8. The van der Waals surface area contributed by atoms with Crippen LogP contribution in [0.2, 0.25) is 0 Å². The van der Waals surface area contributed by atoms with E-state index in [0.29, 0.717) is 19.3 Å². The first-order chi connectivity index (χ1) is 38.0. The average Bonchev–Trinajstić information content (AvgIpc) is 3.43.